The van der Waals surface area contributed by atoms with Gasteiger partial charge in [-0.1, -0.05) is 37.6 Å². The lowest BCUT2D eigenvalue weighted by Crippen LogP contribution is -2.35. The lowest BCUT2D eigenvalue weighted by Gasteiger charge is -2.31. The molecule has 1 N–H and O–H groups in total. The van der Waals surface area contributed by atoms with E-state index in [0.717, 1.165) is 36.0 Å². The number of carboxylic acids is 1. The summed E-state index contributed by atoms with van der Waals surface area (Å²) in [5.74, 6) is -0.333. The van der Waals surface area contributed by atoms with E-state index in [1.165, 1.54) is 32.2 Å². The maximum Gasteiger partial charge on any atom is 0.355 e. The Morgan fingerprint density at radius 2 is 2.04 bits per heavy atom. The molecule has 1 fully saturated rings. The van der Waals surface area contributed by atoms with Crippen LogP contribution in [0, 0.1) is 5.92 Å². The first kappa shape index (κ1) is 16.9. The number of fused-ring (bicyclic) bond motifs is 1. The maximum absolute atomic E-state index is 11.5. The lowest BCUT2D eigenvalue weighted by molar-refractivity contribution is 0.0692. The summed E-state index contributed by atoms with van der Waals surface area (Å²) < 4.78 is 0. The third-order valence-corrected chi connectivity index (χ3v) is 5.03. The number of benzene rings is 1. The smallest absolute Gasteiger partial charge is 0.355 e. The fourth-order valence-corrected chi connectivity index (χ4v) is 3.61. The molecule has 0 spiro atoms. The highest BCUT2D eigenvalue weighted by molar-refractivity contribution is 6.01. The zero-order valence-electron chi connectivity index (χ0n) is 14.4. The van der Waals surface area contributed by atoms with Gasteiger partial charge in [0.1, 0.15) is 0 Å². The van der Waals surface area contributed by atoms with Crippen LogP contribution < -0.4 is 0 Å². The topological polar surface area (TPSA) is 53.4 Å². The molecule has 3 rings (SSSR count). The standard InChI is InChI=1S/C20H26N2O2/c1-2-3-10-22-11-8-15(9-12-22)13-17-14-16-6-4-5-7-18(16)19(21-17)20(23)24/h4-7,14-15H,2-3,8-13H2,1H3,(H,23,24). The Hall–Kier alpha value is -1.94. The number of aromatic carboxylic acids is 1. The minimum absolute atomic E-state index is 0.184. The molecule has 0 bridgehead atoms. The van der Waals surface area contributed by atoms with E-state index in [9.17, 15) is 9.90 Å². The predicted octanol–water partition coefficient (Wildman–Crippen LogP) is 3.99. The Kier molecular flexibility index (Phi) is 5.46. The molecule has 4 heteroatoms. The third-order valence-electron chi connectivity index (χ3n) is 5.03. The number of carbonyl (C=O) groups is 1. The molecule has 1 aliphatic rings. The van der Waals surface area contributed by atoms with Crippen molar-refractivity contribution < 1.29 is 9.90 Å². The van der Waals surface area contributed by atoms with Gasteiger partial charge in [0.25, 0.3) is 0 Å². The number of piperidine rings is 1. The zero-order valence-corrected chi connectivity index (χ0v) is 14.4. The molecular weight excluding hydrogens is 300 g/mol. The number of pyridine rings is 1. The summed E-state index contributed by atoms with van der Waals surface area (Å²) in [5.41, 5.74) is 1.10. The summed E-state index contributed by atoms with van der Waals surface area (Å²) in [7, 11) is 0. The Balaban J connectivity index is 1.71. The van der Waals surface area contributed by atoms with Gasteiger partial charge < -0.3 is 10.0 Å². The van der Waals surface area contributed by atoms with E-state index < -0.39 is 5.97 Å². The van der Waals surface area contributed by atoms with Crippen LogP contribution >= 0.6 is 0 Å². The molecule has 128 valence electrons. The molecule has 2 aromatic rings. The van der Waals surface area contributed by atoms with Gasteiger partial charge in [0.2, 0.25) is 0 Å². The molecule has 2 heterocycles. The second-order valence-electron chi connectivity index (χ2n) is 6.83. The summed E-state index contributed by atoms with van der Waals surface area (Å²) in [4.78, 5) is 18.5. The average Bonchev–Trinajstić information content (AvgIpc) is 2.60. The normalized spacial score (nSPS) is 16.5. The van der Waals surface area contributed by atoms with Crippen molar-refractivity contribution in [2.45, 2.75) is 39.0 Å². The molecule has 24 heavy (non-hydrogen) atoms. The van der Waals surface area contributed by atoms with E-state index in [1.54, 1.807) is 0 Å². The summed E-state index contributed by atoms with van der Waals surface area (Å²) in [6.07, 6.45) is 5.77. The summed E-state index contributed by atoms with van der Waals surface area (Å²) >= 11 is 0. The second kappa shape index (κ2) is 7.75. The van der Waals surface area contributed by atoms with Gasteiger partial charge >= 0.3 is 5.97 Å². The number of hydrogen-bond donors (Lipinski definition) is 1. The number of hydrogen-bond acceptors (Lipinski definition) is 3. The van der Waals surface area contributed by atoms with Crippen LogP contribution in [0.1, 0.15) is 48.8 Å². The van der Waals surface area contributed by atoms with Crippen molar-refractivity contribution in [3.63, 3.8) is 0 Å². The maximum atomic E-state index is 11.5. The van der Waals surface area contributed by atoms with E-state index in [2.05, 4.69) is 22.9 Å². The lowest BCUT2D eigenvalue weighted by atomic mass is 9.91. The molecule has 0 saturated carbocycles. The van der Waals surface area contributed by atoms with Crippen LogP contribution in [0.2, 0.25) is 0 Å². The number of rotatable bonds is 6. The van der Waals surface area contributed by atoms with Gasteiger partial charge in [0, 0.05) is 11.1 Å². The van der Waals surface area contributed by atoms with E-state index in [-0.39, 0.29) is 5.69 Å². The first-order valence-corrected chi connectivity index (χ1v) is 9.01. The second-order valence-corrected chi connectivity index (χ2v) is 6.83. The monoisotopic (exact) mass is 326 g/mol. The van der Waals surface area contributed by atoms with Gasteiger partial charge in [-0.25, -0.2) is 9.78 Å². The molecule has 0 atom stereocenters. The van der Waals surface area contributed by atoms with E-state index in [0.29, 0.717) is 5.92 Å². The quantitative estimate of drug-likeness (QED) is 0.872. The molecule has 1 aromatic heterocycles. The van der Waals surface area contributed by atoms with E-state index in [1.807, 2.05) is 24.3 Å². The van der Waals surface area contributed by atoms with Crippen LogP contribution in [0.25, 0.3) is 10.8 Å². The summed E-state index contributed by atoms with van der Waals surface area (Å²) in [5, 5.41) is 11.2. The van der Waals surface area contributed by atoms with E-state index in [4.69, 9.17) is 0 Å². The molecule has 0 unspecified atom stereocenters. The Morgan fingerprint density at radius 1 is 1.29 bits per heavy atom. The number of likely N-dealkylation sites (tertiary alicyclic amines) is 1. The fourth-order valence-electron chi connectivity index (χ4n) is 3.61. The molecule has 0 amide bonds. The number of carboxylic acid groups (broad SMARTS) is 1. The average molecular weight is 326 g/mol. The van der Waals surface area contributed by atoms with Crippen molar-refractivity contribution in [3.8, 4) is 0 Å². The van der Waals surface area contributed by atoms with Crippen molar-refractivity contribution in [1.29, 1.82) is 0 Å². The van der Waals surface area contributed by atoms with E-state index >= 15 is 0 Å². The Morgan fingerprint density at radius 3 is 2.75 bits per heavy atom. The highest BCUT2D eigenvalue weighted by Crippen LogP contribution is 2.24. The molecule has 1 saturated heterocycles. The molecule has 1 aliphatic heterocycles. The highest BCUT2D eigenvalue weighted by Gasteiger charge is 2.20. The number of nitrogens with zero attached hydrogens (tertiary/aromatic N) is 2. The largest absolute Gasteiger partial charge is 0.476 e. The van der Waals surface area contributed by atoms with Crippen LogP contribution in [0.5, 0.6) is 0 Å². The van der Waals surface area contributed by atoms with Crippen molar-refractivity contribution in [1.82, 2.24) is 9.88 Å². The third kappa shape index (κ3) is 3.93. The van der Waals surface area contributed by atoms with Crippen LogP contribution in [-0.4, -0.2) is 40.6 Å². The predicted molar refractivity (Wildman–Crippen MR) is 96.5 cm³/mol. The first-order chi connectivity index (χ1) is 11.7. The number of unbranched alkanes of at least 4 members (excludes halogenated alkanes) is 1. The fraction of sp³-hybridized carbons (Fsp3) is 0.500. The SMILES string of the molecule is CCCCN1CCC(Cc2cc3ccccc3c(C(=O)O)n2)CC1. The van der Waals surface area contributed by atoms with Gasteiger partial charge in [-0.15, -0.1) is 0 Å². The minimum Gasteiger partial charge on any atom is -0.476 e. The van der Waals surface area contributed by atoms with Gasteiger partial charge in [-0.3, -0.25) is 0 Å². The van der Waals surface area contributed by atoms with Crippen LogP contribution in [-0.2, 0) is 6.42 Å². The van der Waals surface area contributed by atoms with Gasteiger partial charge in [-0.05, 0) is 62.7 Å². The highest BCUT2D eigenvalue weighted by atomic mass is 16.4. The Bertz CT molecular complexity index is 706. The summed E-state index contributed by atoms with van der Waals surface area (Å²) in [6.45, 7) is 5.76. The van der Waals surface area contributed by atoms with Crippen molar-refractivity contribution >= 4 is 16.7 Å². The first-order valence-electron chi connectivity index (χ1n) is 9.01. The van der Waals surface area contributed by atoms with Crippen molar-refractivity contribution in [2.24, 2.45) is 5.92 Å². The number of aromatic nitrogens is 1. The minimum atomic E-state index is -0.942. The molecule has 0 aliphatic carbocycles. The van der Waals surface area contributed by atoms with Gasteiger partial charge in [0.15, 0.2) is 5.69 Å². The van der Waals surface area contributed by atoms with Crippen LogP contribution in [0.3, 0.4) is 0 Å². The molecule has 0 radical (unpaired) electrons. The van der Waals surface area contributed by atoms with Gasteiger partial charge in [0.05, 0.1) is 0 Å². The Labute approximate surface area is 143 Å². The molecule has 1 aromatic carbocycles. The summed E-state index contributed by atoms with van der Waals surface area (Å²) in [6, 6.07) is 9.68. The van der Waals surface area contributed by atoms with Crippen LogP contribution in [0.4, 0.5) is 0 Å². The van der Waals surface area contributed by atoms with Crippen LogP contribution in [0.15, 0.2) is 30.3 Å². The zero-order chi connectivity index (χ0) is 16.9. The molecular formula is C20H26N2O2. The molecule has 4 nitrogen and oxygen atoms in total. The van der Waals surface area contributed by atoms with Crippen molar-refractivity contribution in [2.75, 3.05) is 19.6 Å². The van der Waals surface area contributed by atoms with Gasteiger partial charge in [-0.2, -0.15) is 0 Å². The van der Waals surface area contributed by atoms with Crippen molar-refractivity contribution in [3.05, 3.63) is 41.7 Å².